The summed E-state index contributed by atoms with van der Waals surface area (Å²) < 4.78 is 3.81. The van der Waals surface area contributed by atoms with Crippen LogP contribution in [0.5, 0.6) is 0 Å². The lowest BCUT2D eigenvalue weighted by atomic mass is 10.2. The van der Waals surface area contributed by atoms with Gasteiger partial charge in [-0.15, -0.1) is 5.10 Å². The van der Waals surface area contributed by atoms with Crippen LogP contribution in [0.1, 0.15) is 35.6 Å². The molecule has 1 heterocycles. The quantitative estimate of drug-likeness (QED) is 0.836. The molecule has 5 nitrogen and oxygen atoms in total. The fourth-order valence-electron chi connectivity index (χ4n) is 1.25. The summed E-state index contributed by atoms with van der Waals surface area (Å²) in [7, 11) is 1.68. The molecule has 0 saturated heterocycles. The molecule has 16 heavy (non-hydrogen) atoms. The van der Waals surface area contributed by atoms with Crippen molar-refractivity contribution in [1.29, 1.82) is 0 Å². The first-order valence-electron chi connectivity index (χ1n) is 5.31. The smallest absolute Gasteiger partial charge is 0.267 e. The zero-order valence-electron chi connectivity index (χ0n) is 9.80. The zero-order valence-corrected chi connectivity index (χ0v) is 10.6. The molecule has 0 saturated carbocycles. The number of hydrogen-bond acceptors (Lipinski definition) is 5. The first-order chi connectivity index (χ1) is 7.61. The van der Waals surface area contributed by atoms with Gasteiger partial charge in [0.1, 0.15) is 4.88 Å². The number of carbonyl (C=O) groups excluding carboxylic acids is 1. The molecular formula is C10H17N3O2S. The van der Waals surface area contributed by atoms with Crippen LogP contribution in [-0.2, 0) is 6.42 Å². The van der Waals surface area contributed by atoms with Crippen LogP contribution in [0.25, 0.3) is 0 Å². The van der Waals surface area contributed by atoms with Gasteiger partial charge in [-0.2, -0.15) is 0 Å². The third-order valence-corrected chi connectivity index (χ3v) is 3.24. The Labute approximate surface area is 99.3 Å². The summed E-state index contributed by atoms with van der Waals surface area (Å²) in [6.07, 6.45) is 1.70. The highest BCUT2D eigenvalue weighted by atomic mass is 32.1. The van der Waals surface area contributed by atoms with Crippen molar-refractivity contribution >= 4 is 17.4 Å². The maximum Gasteiger partial charge on any atom is 0.267 e. The van der Waals surface area contributed by atoms with Crippen molar-refractivity contribution in [2.24, 2.45) is 0 Å². The number of aliphatic hydroxyl groups excluding tert-OH is 1. The van der Waals surface area contributed by atoms with Gasteiger partial charge < -0.3 is 10.0 Å². The van der Waals surface area contributed by atoms with Crippen LogP contribution in [0.3, 0.4) is 0 Å². The van der Waals surface area contributed by atoms with Crippen molar-refractivity contribution in [2.45, 2.75) is 32.7 Å². The van der Waals surface area contributed by atoms with Crippen molar-refractivity contribution < 1.29 is 9.90 Å². The fourth-order valence-corrected chi connectivity index (χ4v) is 1.95. The van der Waals surface area contributed by atoms with Crippen LogP contribution >= 0.6 is 11.5 Å². The SMILES string of the molecule is CCCc1nnsc1C(=O)N(C)C(C)CO. The zero-order chi connectivity index (χ0) is 12.1. The van der Waals surface area contributed by atoms with Gasteiger partial charge in [-0.3, -0.25) is 4.79 Å². The van der Waals surface area contributed by atoms with E-state index in [0.29, 0.717) is 4.88 Å². The Kier molecular flexibility index (Phi) is 4.82. The van der Waals surface area contributed by atoms with E-state index in [1.165, 1.54) is 4.90 Å². The number of amides is 1. The molecule has 90 valence electrons. The molecule has 1 aromatic heterocycles. The van der Waals surface area contributed by atoms with Crippen molar-refractivity contribution in [3.63, 3.8) is 0 Å². The molecule has 0 aliphatic carbocycles. The standard InChI is InChI=1S/C10H17N3O2S/c1-4-5-8-9(16-12-11-8)10(15)13(3)7(2)6-14/h7,14H,4-6H2,1-3H3. The second-order valence-corrected chi connectivity index (χ2v) is 4.50. The molecule has 1 rings (SSSR count). The number of hydrogen-bond donors (Lipinski definition) is 1. The fraction of sp³-hybridized carbons (Fsp3) is 0.700. The van der Waals surface area contributed by atoms with E-state index in [-0.39, 0.29) is 18.6 Å². The Balaban J connectivity index is 2.83. The number of aryl methyl sites for hydroxylation is 1. The van der Waals surface area contributed by atoms with E-state index in [1.54, 1.807) is 14.0 Å². The summed E-state index contributed by atoms with van der Waals surface area (Å²) >= 11 is 1.12. The van der Waals surface area contributed by atoms with Gasteiger partial charge in [0.15, 0.2) is 0 Å². The van der Waals surface area contributed by atoms with Gasteiger partial charge >= 0.3 is 0 Å². The number of nitrogens with zero attached hydrogens (tertiary/aromatic N) is 3. The maximum absolute atomic E-state index is 12.0. The Hall–Kier alpha value is -1.01. The van der Waals surface area contributed by atoms with Gasteiger partial charge in [-0.25, -0.2) is 0 Å². The number of aromatic nitrogens is 2. The number of rotatable bonds is 5. The Morgan fingerprint density at radius 2 is 2.31 bits per heavy atom. The van der Waals surface area contributed by atoms with Crippen LogP contribution in [-0.4, -0.2) is 45.2 Å². The lowest BCUT2D eigenvalue weighted by molar-refractivity contribution is 0.0685. The molecule has 1 N–H and O–H groups in total. The molecule has 0 spiro atoms. The third kappa shape index (κ3) is 2.76. The highest BCUT2D eigenvalue weighted by Gasteiger charge is 2.22. The maximum atomic E-state index is 12.0. The van der Waals surface area contributed by atoms with Crippen molar-refractivity contribution in [1.82, 2.24) is 14.5 Å². The monoisotopic (exact) mass is 243 g/mol. The van der Waals surface area contributed by atoms with Crippen molar-refractivity contribution in [2.75, 3.05) is 13.7 Å². The summed E-state index contributed by atoms with van der Waals surface area (Å²) in [5, 5.41) is 13.0. The second kappa shape index (κ2) is 5.91. The first kappa shape index (κ1) is 13.1. The molecule has 0 bridgehead atoms. The molecule has 1 atom stereocenters. The molecule has 0 radical (unpaired) electrons. The van der Waals surface area contributed by atoms with Gasteiger partial charge in [0.05, 0.1) is 18.3 Å². The molecule has 0 aromatic carbocycles. The summed E-state index contributed by atoms with van der Waals surface area (Å²) in [4.78, 5) is 14.2. The van der Waals surface area contributed by atoms with E-state index in [0.717, 1.165) is 30.1 Å². The summed E-state index contributed by atoms with van der Waals surface area (Å²) in [6, 6.07) is -0.191. The number of aliphatic hydroxyl groups is 1. The second-order valence-electron chi connectivity index (χ2n) is 3.75. The summed E-state index contributed by atoms with van der Waals surface area (Å²) in [5.74, 6) is -0.111. The average Bonchev–Trinajstić information content (AvgIpc) is 2.74. The van der Waals surface area contributed by atoms with Crippen LogP contribution in [0.4, 0.5) is 0 Å². The van der Waals surface area contributed by atoms with Crippen molar-refractivity contribution in [3.05, 3.63) is 10.6 Å². The van der Waals surface area contributed by atoms with Crippen molar-refractivity contribution in [3.8, 4) is 0 Å². The van der Waals surface area contributed by atoms with Crippen LogP contribution in [0, 0.1) is 0 Å². The first-order valence-corrected chi connectivity index (χ1v) is 6.08. The van der Waals surface area contributed by atoms with Gasteiger partial charge in [0.25, 0.3) is 5.91 Å². The van der Waals surface area contributed by atoms with E-state index >= 15 is 0 Å². The highest BCUT2D eigenvalue weighted by Crippen LogP contribution is 2.15. The van der Waals surface area contributed by atoms with Crippen LogP contribution in [0.15, 0.2) is 0 Å². The molecule has 1 amide bonds. The van der Waals surface area contributed by atoms with E-state index in [4.69, 9.17) is 5.11 Å². The number of likely N-dealkylation sites (N-methyl/N-ethyl adjacent to an activating group) is 1. The predicted octanol–water partition coefficient (Wildman–Crippen LogP) is 0.943. The molecule has 1 unspecified atom stereocenters. The minimum Gasteiger partial charge on any atom is -0.394 e. The number of carbonyl (C=O) groups is 1. The lowest BCUT2D eigenvalue weighted by Gasteiger charge is -2.22. The topological polar surface area (TPSA) is 66.3 Å². The normalized spacial score (nSPS) is 12.5. The van der Waals surface area contributed by atoms with E-state index < -0.39 is 0 Å². The largest absolute Gasteiger partial charge is 0.394 e. The molecular weight excluding hydrogens is 226 g/mol. The molecule has 6 heteroatoms. The highest BCUT2D eigenvalue weighted by molar-refractivity contribution is 7.07. The van der Waals surface area contributed by atoms with E-state index in [2.05, 4.69) is 9.59 Å². The van der Waals surface area contributed by atoms with E-state index in [9.17, 15) is 4.79 Å². The van der Waals surface area contributed by atoms with E-state index in [1.807, 2.05) is 6.92 Å². The molecule has 0 fully saturated rings. The minimum absolute atomic E-state index is 0.0441. The third-order valence-electron chi connectivity index (χ3n) is 2.48. The Morgan fingerprint density at radius 3 is 2.88 bits per heavy atom. The minimum atomic E-state index is -0.191. The molecule has 0 aliphatic heterocycles. The summed E-state index contributed by atoms with van der Waals surface area (Å²) in [6.45, 7) is 3.79. The predicted molar refractivity (Wildman–Crippen MR) is 62.5 cm³/mol. The lowest BCUT2D eigenvalue weighted by Crippen LogP contribution is -2.37. The molecule has 1 aromatic rings. The van der Waals surface area contributed by atoms with Gasteiger partial charge in [-0.05, 0) is 24.9 Å². The van der Waals surface area contributed by atoms with Gasteiger partial charge in [0.2, 0.25) is 0 Å². The van der Waals surface area contributed by atoms with Gasteiger partial charge in [0, 0.05) is 7.05 Å². The van der Waals surface area contributed by atoms with Crippen LogP contribution in [0.2, 0.25) is 0 Å². The Morgan fingerprint density at radius 1 is 1.62 bits per heavy atom. The average molecular weight is 243 g/mol. The summed E-state index contributed by atoms with van der Waals surface area (Å²) in [5.41, 5.74) is 0.759. The Bertz CT molecular complexity index is 354. The van der Waals surface area contributed by atoms with Gasteiger partial charge in [-0.1, -0.05) is 17.8 Å². The van der Waals surface area contributed by atoms with Crippen LogP contribution < -0.4 is 0 Å². The molecule has 0 aliphatic rings.